The third-order valence-corrected chi connectivity index (χ3v) is 4.93. The third kappa shape index (κ3) is 2.95. The zero-order valence-electron chi connectivity index (χ0n) is 11.2. The Kier molecular flexibility index (Phi) is 4.20. The maximum atomic E-state index is 12.3. The summed E-state index contributed by atoms with van der Waals surface area (Å²) in [7, 11) is 0. The van der Waals surface area contributed by atoms with Crippen LogP contribution in [0.25, 0.3) is 0 Å². The number of hydrogen-bond donors (Lipinski definition) is 2. The molecule has 3 rings (SSSR count). The van der Waals surface area contributed by atoms with E-state index in [1.54, 1.807) is 18.2 Å². The number of carbonyl (C=O) groups is 1. The molecule has 3 unspecified atom stereocenters. The van der Waals surface area contributed by atoms with E-state index >= 15 is 0 Å². The summed E-state index contributed by atoms with van der Waals surface area (Å²) < 4.78 is 0. The molecular formula is C15H18Cl2N2O. The Hall–Kier alpha value is -0.770. The molecular weight excluding hydrogens is 295 g/mol. The van der Waals surface area contributed by atoms with Gasteiger partial charge in [0.25, 0.3) is 0 Å². The number of hydrogen-bond acceptors (Lipinski definition) is 2. The Bertz CT molecular complexity index is 507. The van der Waals surface area contributed by atoms with Crippen molar-refractivity contribution in [3.05, 3.63) is 28.2 Å². The molecule has 3 nitrogen and oxygen atoms in total. The van der Waals surface area contributed by atoms with Gasteiger partial charge in [0.2, 0.25) is 5.91 Å². The second kappa shape index (κ2) is 5.92. The van der Waals surface area contributed by atoms with E-state index < -0.39 is 0 Å². The molecule has 0 spiro atoms. The highest BCUT2D eigenvalue weighted by Crippen LogP contribution is 2.34. The van der Waals surface area contributed by atoms with Gasteiger partial charge in [-0.2, -0.15) is 0 Å². The van der Waals surface area contributed by atoms with E-state index in [1.807, 2.05) is 0 Å². The molecule has 3 atom stereocenters. The number of benzene rings is 1. The average molecular weight is 313 g/mol. The fraction of sp³-hybridized carbons (Fsp3) is 0.533. The molecule has 20 heavy (non-hydrogen) atoms. The lowest BCUT2D eigenvalue weighted by atomic mass is 9.85. The Labute approximate surface area is 129 Å². The molecule has 1 amide bonds. The second-order valence-corrected chi connectivity index (χ2v) is 6.56. The van der Waals surface area contributed by atoms with E-state index in [4.69, 9.17) is 23.2 Å². The molecule has 0 bridgehead atoms. The monoisotopic (exact) mass is 312 g/mol. The number of amides is 1. The summed E-state index contributed by atoms with van der Waals surface area (Å²) in [5, 5.41) is 7.42. The predicted octanol–water partition coefficient (Wildman–Crippen LogP) is 3.85. The van der Waals surface area contributed by atoms with Crippen molar-refractivity contribution < 1.29 is 4.79 Å². The van der Waals surface area contributed by atoms with Crippen molar-refractivity contribution in [2.75, 3.05) is 5.32 Å². The average Bonchev–Trinajstić information content (AvgIpc) is 2.87. The van der Waals surface area contributed by atoms with Gasteiger partial charge in [-0.15, -0.1) is 0 Å². The van der Waals surface area contributed by atoms with Gasteiger partial charge in [0.1, 0.15) is 0 Å². The van der Waals surface area contributed by atoms with Gasteiger partial charge in [-0.1, -0.05) is 36.0 Å². The number of nitrogens with one attached hydrogen (secondary N) is 2. The molecule has 5 heteroatoms. The predicted molar refractivity (Wildman–Crippen MR) is 82.4 cm³/mol. The first-order valence-corrected chi connectivity index (χ1v) is 7.91. The lowest BCUT2D eigenvalue weighted by molar-refractivity contribution is -0.117. The van der Waals surface area contributed by atoms with E-state index in [-0.39, 0.29) is 11.9 Å². The first-order chi connectivity index (χ1) is 9.63. The van der Waals surface area contributed by atoms with E-state index in [0.717, 1.165) is 6.42 Å². The Morgan fingerprint density at radius 2 is 2.05 bits per heavy atom. The third-order valence-electron chi connectivity index (χ3n) is 4.37. The number of carbonyl (C=O) groups excluding carboxylic acids is 1. The highest BCUT2D eigenvalue weighted by molar-refractivity contribution is 6.35. The summed E-state index contributed by atoms with van der Waals surface area (Å²) >= 11 is 12.0. The summed E-state index contributed by atoms with van der Waals surface area (Å²) in [5.74, 6) is 0.637. The Morgan fingerprint density at radius 1 is 1.25 bits per heavy atom. The summed E-state index contributed by atoms with van der Waals surface area (Å²) in [6.07, 6.45) is 5.90. The van der Waals surface area contributed by atoms with Gasteiger partial charge < -0.3 is 10.6 Å². The van der Waals surface area contributed by atoms with Gasteiger partial charge in [-0.3, -0.25) is 4.79 Å². The lowest BCUT2D eigenvalue weighted by Gasteiger charge is -2.24. The molecule has 108 valence electrons. The fourth-order valence-electron chi connectivity index (χ4n) is 3.33. The van der Waals surface area contributed by atoms with Gasteiger partial charge in [0.15, 0.2) is 0 Å². The summed E-state index contributed by atoms with van der Waals surface area (Å²) in [6, 6.07) is 5.49. The number of anilines is 1. The molecule has 0 radical (unpaired) electrons. The first kappa shape index (κ1) is 14.2. The highest BCUT2D eigenvalue weighted by atomic mass is 35.5. The molecule has 1 aromatic rings. The van der Waals surface area contributed by atoms with E-state index in [2.05, 4.69) is 10.6 Å². The standard InChI is InChI=1S/C15H18Cl2N2O/c16-10-5-6-11(17)13(8-10)19-15(20)14-7-9-3-1-2-4-12(9)18-14/h5-6,8-9,12,14,18H,1-4,7H2,(H,19,20). The van der Waals surface area contributed by atoms with Crippen molar-refractivity contribution in [3.63, 3.8) is 0 Å². The van der Waals surface area contributed by atoms with Crippen LogP contribution in [0.3, 0.4) is 0 Å². The van der Waals surface area contributed by atoms with Gasteiger partial charge in [-0.05, 0) is 43.4 Å². The quantitative estimate of drug-likeness (QED) is 0.870. The van der Waals surface area contributed by atoms with Crippen LogP contribution >= 0.6 is 23.2 Å². The molecule has 1 aromatic carbocycles. The minimum absolute atomic E-state index is 0.0106. The van der Waals surface area contributed by atoms with E-state index in [0.29, 0.717) is 27.7 Å². The van der Waals surface area contributed by atoms with Crippen LogP contribution in [0.1, 0.15) is 32.1 Å². The van der Waals surface area contributed by atoms with Crippen molar-refractivity contribution in [2.24, 2.45) is 5.92 Å². The van der Waals surface area contributed by atoms with Gasteiger partial charge in [0.05, 0.1) is 16.8 Å². The SMILES string of the molecule is O=C(Nc1cc(Cl)ccc1Cl)C1CC2CCCCC2N1. The van der Waals surface area contributed by atoms with Crippen LogP contribution in [-0.4, -0.2) is 18.0 Å². The van der Waals surface area contributed by atoms with E-state index in [1.165, 1.54) is 25.7 Å². The minimum atomic E-state index is -0.113. The zero-order chi connectivity index (χ0) is 14.1. The van der Waals surface area contributed by atoms with Gasteiger partial charge >= 0.3 is 0 Å². The van der Waals surface area contributed by atoms with Crippen LogP contribution in [-0.2, 0) is 4.79 Å². The first-order valence-electron chi connectivity index (χ1n) is 7.15. The molecule has 1 aliphatic carbocycles. The van der Waals surface area contributed by atoms with Crippen molar-refractivity contribution in [3.8, 4) is 0 Å². The summed E-state index contributed by atoms with van der Waals surface area (Å²) in [5.41, 5.74) is 0.584. The van der Waals surface area contributed by atoms with Crippen molar-refractivity contribution in [2.45, 2.75) is 44.2 Å². The van der Waals surface area contributed by atoms with Crippen LogP contribution in [0.15, 0.2) is 18.2 Å². The molecule has 2 fully saturated rings. The topological polar surface area (TPSA) is 41.1 Å². The molecule has 1 saturated heterocycles. The molecule has 1 heterocycles. The Morgan fingerprint density at radius 3 is 2.85 bits per heavy atom. The second-order valence-electron chi connectivity index (χ2n) is 5.72. The van der Waals surface area contributed by atoms with Crippen molar-refractivity contribution >= 4 is 34.8 Å². The molecule has 0 aromatic heterocycles. The van der Waals surface area contributed by atoms with Gasteiger partial charge in [-0.25, -0.2) is 0 Å². The maximum absolute atomic E-state index is 12.3. The number of halogens is 2. The summed E-state index contributed by atoms with van der Waals surface area (Å²) in [4.78, 5) is 12.3. The van der Waals surface area contributed by atoms with Crippen LogP contribution in [0.4, 0.5) is 5.69 Å². The summed E-state index contributed by atoms with van der Waals surface area (Å²) in [6.45, 7) is 0. The lowest BCUT2D eigenvalue weighted by Crippen LogP contribution is -2.39. The molecule has 1 aliphatic heterocycles. The largest absolute Gasteiger partial charge is 0.323 e. The zero-order valence-corrected chi connectivity index (χ0v) is 12.7. The van der Waals surface area contributed by atoms with Crippen LogP contribution in [0.5, 0.6) is 0 Å². The van der Waals surface area contributed by atoms with Crippen molar-refractivity contribution in [1.29, 1.82) is 0 Å². The van der Waals surface area contributed by atoms with Crippen LogP contribution < -0.4 is 10.6 Å². The smallest absolute Gasteiger partial charge is 0.241 e. The van der Waals surface area contributed by atoms with Crippen LogP contribution in [0, 0.1) is 5.92 Å². The van der Waals surface area contributed by atoms with Gasteiger partial charge in [0, 0.05) is 11.1 Å². The minimum Gasteiger partial charge on any atom is -0.323 e. The molecule has 2 aliphatic rings. The number of rotatable bonds is 2. The fourth-order valence-corrected chi connectivity index (χ4v) is 3.67. The van der Waals surface area contributed by atoms with Crippen LogP contribution in [0.2, 0.25) is 10.0 Å². The highest BCUT2D eigenvalue weighted by Gasteiger charge is 2.38. The van der Waals surface area contributed by atoms with E-state index in [9.17, 15) is 4.79 Å². The van der Waals surface area contributed by atoms with Crippen molar-refractivity contribution in [1.82, 2.24) is 5.32 Å². The molecule has 2 N–H and O–H groups in total. The maximum Gasteiger partial charge on any atom is 0.241 e. The number of fused-ring (bicyclic) bond motifs is 1. The Balaban J connectivity index is 1.66. The normalized spacial score (nSPS) is 29.0. The molecule has 1 saturated carbocycles.